The van der Waals surface area contributed by atoms with Gasteiger partial charge >= 0.3 is 6.18 Å². The first-order chi connectivity index (χ1) is 10.9. The van der Waals surface area contributed by atoms with Crippen LogP contribution in [0.15, 0.2) is 29.4 Å². The highest BCUT2D eigenvalue weighted by molar-refractivity contribution is 5.84. The zero-order chi connectivity index (χ0) is 17.1. The molecule has 0 heterocycles. The first kappa shape index (κ1) is 19.2. The molecule has 1 aromatic rings. The van der Waals surface area contributed by atoms with E-state index in [9.17, 15) is 18.0 Å². The molecule has 0 aliphatic rings. The smallest absolute Gasteiger partial charge is 0.273 e. The lowest BCUT2D eigenvalue weighted by Crippen LogP contribution is -2.17. The van der Waals surface area contributed by atoms with Gasteiger partial charge in [0.15, 0.2) is 0 Å². The van der Waals surface area contributed by atoms with E-state index in [2.05, 4.69) is 17.5 Å². The predicted molar refractivity (Wildman–Crippen MR) is 85.2 cm³/mol. The van der Waals surface area contributed by atoms with E-state index in [0.29, 0.717) is 6.42 Å². The molecule has 23 heavy (non-hydrogen) atoms. The number of alkyl halides is 3. The first-order valence-electron chi connectivity index (χ1n) is 7.93. The number of unbranched alkanes of at least 4 members (excludes halogenated alkanes) is 5. The average molecular weight is 328 g/mol. The number of carbonyl (C=O) groups excluding carboxylic acids is 1. The number of rotatable bonds is 9. The Bertz CT molecular complexity index is 513. The van der Waals surface area contributed by atoms with E-state index in [4.69, 9.17) is 0 Å². The van der Waals surface area contributed by atoms with E-state index in [-0.39, 0.29) is 11.5 Å². The fourth-order valence-electron chi connectivity index (χ4n) is 2.16. The molecule has 1 amide bonds. The second-order valence-electron chi connectivity index (χ2n) is 5.40. The van der Waals surface area contributed by atoms with Crippen molar-refractivity contribution in [2.75, 3.05) is 0 Å². The number of hydrogen-bond acceptors (Lipinski definition) is 2. The maximum atomic E-state index is 12.8. The molecule has 0 spiro atoms. The Morgan fingerprint density at radius 2 is 1.78 bits per heavy atom. The van der Waals surface area contributed by atoms with Crippen molar-refractivity contribution < 1.29 is 18.0 Å². The Hall–Kier alpha value is -1.85. The molecule has 0 radical (unpaired) electrons. The predicted octanol–water partition coefficient (Wildman–Crippen LogP) is 4.91. The molecule has 0 saturated heterocycles. The van der Waals surface area contributed by atoms with Gasteiger partial charge in [0.05, 0.1) is 11.8 Å². The number of halogens is 3. The number of nitrogens with one attached hydrogen (secondary N) is 1. The van der Waals surface area contributed by atoms with E-state index in [0.717, 1.165) is 31.5 Å². The molecule has 0 bridgehead atoms. The molecule has 1 N–H and O–H groups in total. The van der Waals surface area contributed by atoms with Crippen molar-refractivity contribution in [3.8, 4) is 0 Å². The number of carbonyl (C=O) groups is 1. The van der Waals surface area contributed by atoms with Gasteiger partial charge in [-0.25, -0.2) is 5.43 Å². The number of nitrogens with zero attached hydrogens (tertiary/aromatic N) is 1. The monoisotopic (exact) mass is 328 g/mol. The van der Waals surface area contributed by atoms with E-state index in [1.54, 1.807) is 0 Å². The highest BCUT2D eigenvalue weighted by Gasteiger charge is 2.32. The average Bonchev–Trinajstić information content (AvgIpc) is 2.50. The van der Waals surface area contributed by atoms with Gasteiger partial charge in [-0.3, -0.25) is 4.79 Å². The summed E-state index contributed by atoms with van der Waals surface area (Å²) in [5, 5.41) is 3.62. The lowest BCUT2D eigenvalue weighted by molar-refractivity contribution is -0.137. The van der Waals surface area contributed by atoms with Gasteiger partial charge in [0.1, 0.15) is 0 Å². The minimum atomic E-state index is -4.44. The van der Waals surface area contributed by atoms with Crippen LogP contribution in [0.2, 0.25) is 0 Å². The van der Waals surface area contributed by atoms with Crippen molar-refractivity contribution in [3.05, 3.63) is 35.4 Å². The minimum Gasteiger partial charge on any atom is -0.273 e. The van der Waals surface area contributed by atoms with Crippen molar-refractivity contribution in [3.63, 3.8) is 0 Å². The van der Waals surface area contributed by atoms with Crippen LogP contribution < -0.4 is 5.43 Å². The van der Waals surface area contributed by atoms with E-state index >= 15 is 0 Å². The zero-order valence-corrected chi connectivity index (χ0v) is 13.3. The van der Waals surface area contributed by atoms with Crippen LogP contribution in [0.3, 0.4) is 0 Å². The Kier molecular flexibility index (Phi) is 8.37. The summed E-state index contributed by atoms with van der Waals surface area (Å²) < 4.78 is 38.3. The van der Waals surface area contributed by atoms with Crippen molar-refractivity contribution >= 4 is 12.1 Å². The van der Waals surface area contributed by atoms with Crippen molar-refractivity contribution in [1.82, 2.24) is 5.43 Å². The number of benzene rings is 1. The maximum Gasteiger partial charge on any atom is 0.417 e. The molecule has 0 fully saturated rings. The molecule has 6 heteroatoms. The third-order valence-corrected chi connectivity index (χ3v) is 3.42. The van der Waals surface area contributed by atoms with Gasteiger partial charge in [0.25, 0.3) is 0 Å². The fraction of sp³-hybridized carbons (Fsp3) is 0.529. The Morgan fingerprint density at radius 3 is 2.48 bits per heavy atom. The Morgan fingerprint density at radius 1 is 1.13 bits per heavy atom. The molecular weight excluding hydrogens is 305 g/mol. The summed E-state index contributed by atoms with van der Waals surface area (Å²) in [5.74, 6) is -0.277. The molecule has 0 saturated carbocycles. The molecule has 1 aromatic carbocycles. The first-order valence-corrected chi connectivity index (χ1v) is 7.93. The van der Waals surface area contributed by atoms with Gasteiger partial charge in [-0.1, -0.05) is 57.2 Å². The summed E-state index contributed by atoms with van der Waals surface area (Å²) in [6.07, 6.45) is 3.33. The molecule has 3 nitrogen and oxygen atoms in total. The van der Waals surface area contributed by atoms with E-state index in [1.165, 1.54) is 37.5 Å². The number of hydrogen-bond donors (Lipinski definition) is 1. The van der Waals surface area contributed by atoms with Gasteiger partial charge in [0, 0.05) is 12.0 Å². The second kappa shape index (κ2) is 10.0. The lowest BCUT2D eigenvalue weighted by Gasteiger charge is -2.09. The standard InChI is InChI=1S/C17H23F3N2O/c1-2-3-4-5-6-7-12-16(23)22-21-13-14-10-8-9-11-15(14)17(18,19)20/h8-11,13H,2-7,12H2,1H3,(H,22,23)/b21-13+. The summed E-state index contributed by atoms with van der Waals surface area (Å²) in [5.41, 5.74) is 1.44. The number of hydrazone groups is 1. The molecular formula is C17H23F3N2O. The lowest BCUT2D eigenvalue weighted by atomic mass is 10.1. The highest BCUT2D eigenvalue weighted by atomic mass is 19.4. The van der Waals surface area contributed by atoms with Crippen molar-refractivity contribution in [2.45, 2.75) is 58.0 Å². The topological polar surface area (TPSA) is 41.5 Å². The van der Waals surface area contributed by atoms with Gasteiger partial charge in [-0.15, -0.1) is 0 Å². The third-order valence-electron chi connectivity index (χ3n) is 3.42. The van der Waals surface area contributed by atoms with Crippen LogP contribution in [0.25, 0.3) is 0 Å². The Balaban J connectivity index is 2.37. The van der Waals surface area contributed by atoms with Crippen molar-refractivity contribution in [2.24, 2.45) is 5.10 Å². The van der Waals surface area contributed by atoms with Gasteiger partial charge in [-0.05, 0) is 12.5 Å². The molecule has 0 aliphatic carbocycles. The van der Waals surface area contributed by atoms with E-state index < -0.39 is 11.7 Å². The molecule has 0 aromatic heterocycles. The zero-order valence-electron chi connectivity index (χ0n) is 13.3. The molecule has 0 aliphatic heterocycles. The van der Waals surface area contributed by atoms with Gasteiger partial charge in [-0.2, -0.15) is 18.3 Å². The van der Waals surface area contributed by atoms with E-state index in [1.807, 2.05) is 0 Å². The molecule has 128 valence electrons. The molecule has 1 rings (SSSR count). The summed E-state index contributed by atoms with van der Waals surface area (Å²) in [6.45, 7) is 2.14. The van der Waals surface area contributed by atoms with Crippen LogP contribution in [-0.4, -0.2) is 12.1 Å². The second-order valence-corrected chi connectivity index (χ2v) is 5.40. The fourth-order valence-corrected chi connectivity index (χ4v) is 2.16. The van der Waals surface area contributed by atoms with Crippen LogP contribution in [0.1, 0.15) is 63.0 Å². The summed E-state index contributed by atoms with van der Waals surface area (Å²) in [6, 6.07) is 5.11. The molecule has 0 atom stereocenters. The van der Waals surface area contributed by atoms with Crippen LogP contribution in [0.5, 0.6) is 0 Å². The van der Waals surface area contributed by atoms with Crippen LogP contribution >= 0.6 is 0 Å². The SMILES string of the molecule is CCCCCCCCC(=O)N/N=C/c1ccccc1C(F)(F)F. The van der Waals surface area contributed by atoms with Crippen LogP contribution in [0.4, 0.5) is 13.2 Å². The maximum absolute atomic E-state index is 12.8. The van der Waals surface area contributed by atoms with Crippen molar-refractivity contribution in [1.29, 1.82) is 0 Å². The summed E-state index contributed by atoms with van der Waals surface area (Å²) in [7, 11) is 0. The summed E-state index contributed by atoms with van der Waals surface area (Å²) >= 11 is 0. The minimum absolute atomic E-state index is 0.0696. The number of amides is 1. The largest absolute Gasteiger partial charge is 0.417 e. The quantitative estimate of drug-likeness (QED) is 0.391. The third kappa shape index (κ3) is 7.81. The van der Waals surface area contributed by atoms with Crippen LogP contribution in [0, 0.1) is 0 Å². The Labute approximate surface area is 135 Å². The van der Waals surface area contributed by atoms with Gasteiger partial charge < -0.3 is 0 Å². The van der Waals surface area contributed by atoms with Crippen LogP contribution in [-0.2, 0) is 11.0 Å². The highest BCUT2D eigenvalue weighted by Crippen LogP contribution is 2.30. The van der Waals surface area contributed by atoms with Gasteiger partial charge in [0.2, 0.25) is 5.91 Å². The normalized spacial score (nSPS) is 11.8. The summed E-state index contributed by atoms with van der Waals surface area (Å²) in [4.78, 5) is 11.6. The molecule has 0 unspecified atom stereocenters.